The molecule has 0 radical (unpaired) electrons. The number of amides is 1. The van der Waals surface area contributed by atoms with Crippen molar-refractivity contribution in [3.63, 3.8) is 0 Å². The van der Waals surface area contributed by atoms with Crippen molar-refractivity contribution in [1.29, 1.82) is 0 Å². The molecule has 1 aromatic rings. The number of nitrogens with two attached hydrogens (primary N) is 1. The van der Waals surface area contributed by atoms with Gasteiger partial charge in [0, 0.05) is 13.1 Å². The smallest absolute Gasteiger partial charge is 0.274 e. The molecule has 17 heavy (non-hydrogen) atoms. The number of nitrogen functional groups attached to an aromatic ring is 1. The van der Waals surface area contributed by atoms with Crippen molar-refractivity contribution in [1.82, 2.24) is 14.9 Å². The second kappa shape index (κ2) is 5.09. The van der Waals surface area contributed by atoms with E-state index >= 15 is 0 Å². The number of hydrogen-bond donors (Lipinski definition) is 2. The normalized spacial score (nSPS) is 11.3. The molecule has 0 aliphatic rings. The van der Waals surface area contributed by atoms with Crippen LogP contribution >= 0.6 is 0 Å². The maximum atomic E-state index is 12.1. The van der Waals surface area contributed by atoms with Crippen LogP contribution in [0, 0.1) is 0 Å². The minimum Gasteiger partial charge on any atom is -0.389 e. The van der Waals surface area contributed by atoms with Gasteiger partial charge in [0.15, 0.2) is 0 Å². The van der Waals surface area contributed by atoms with E-state index in [-0.39, 0.29) is 24.0 Å². The summed E-state index contributed by atoms with van der Waals surface area (Å²) in [4.78, 5) is 21.3. The van der Waals surface area contributed by atoms with Crippen LogP contribution in [0.25, 0.3) is 0 Å². The molecule has 3 N–H and O–H groups in total. The van der Waals surface area contributed by atoms with Crippen LogP contribution in [0.4, 0.5) is 5.82 Å². The zero-order valence-electron chi connectivity index (χ0n) is 10.3. The third-order valence-corrected chi connectivity index (χ3v) is 2.12. The molecule has 0 fully saturated rings. The van der Waals surface area contributed by atoms with Gasteiger partial charge >= 0.3 is 0 Å². The molecule has 0 spiro atoms. The first-order valence-electron chi connectivity index (χ1n) is 5.42. The molecule has 1 aromatic heterocycles. The van der Waals surface area contributed by atoms with Crippen LogP contribution in [0.3, 0.4) is 0 Å². The molecule has 6 nitrogen and oxygen atoms in total. The Bertz CT molecular complexity index is 401. The van der Waals surface area contributed by atoms with E-state index in [2.05, 4.69) is 9.97 Å². The van der Waals surface area contributed by atoms with E-state index in [9.17, 15) is 9.90 Å². The van der Waals surface area contributed by atoms with E-state index in [1.54, 1.807) is 13.8 Å². The fourth-order valence-electron chi connectivity index (χ4n) is 1.44. The summed E-state index contributed by atoms with van der Waals surface area (Å²) in [6, 6.07) is 0. The van der Waals surface area contributed by atoms with Gasteiger partial charge in [-0.15, -0.1) is 0 Å². The highest BCUT2D eigenvalue weighted by atomic mass is 16.3. The summed E-state index contributed by atoms with van der Waals surface area (Å²) in [6.07, 6.45) is 2.74. The van der Waals surface area contributed by atoms with Crippen molar-refractivity contribution >= 4 is 11.7 Å². The third kappa shape index (κ3) is 3.99. The lowest BCUT2D eigenvalue weighted by molar-refractivity contribution is 0.0311. The monoisotopic (exact) mass is 238 g/mol. The van der Waals surface area contributed by atoms with Gasteiger partial charge in [-0.2, -0.15) is 0 Å². The molecule has 0 unspecified atom stereocenters. The standard InChI is InChI=1S/C11H18N4O2/c1-4-15(7-11(2,3)17)10(16)8-5-13-6-9(12)14-8/h5-6,17H,4,7H2,1-3H3,(H2,12,14). The summed E-state index contributed by atoms with van der Waals surface area (Å²) >= 11 is 0. The van der Waals surface area contributed by atoms with Crippen LogP contribution in [0.5, 0.6) is 0 Å². The van der Waals surface area contributed by atoms with Crippen molar-refractivity contribution in [2.75, 3.05) is 18.8 Å². The molecule has 0 aliphatic carbocycles. The van der Waals surface area contributed by atoms with E-state index in [1.165, 1.54) is 17.3 Å². The number of aromatic nitrogens is 2. The Morgan fingerprint density at radius 2 is 2.18 bits per heavy atom. The van der Waals surface area contributed by atoms with Crippen molar-refractivity contribution in [3.8, 4) is 0 Å². The van der Waals surface area contributed by atoms with Gasteiger partial charge < -0.3 is 15.7 Å². The highest BCUT2D eigenvalue weighted by Crippen LogP contribution is 2.09. The molecule has 94 valence electrons. The molecule has 0 aliphatic heterocycles. The molecule has 0 atom stereocenters. The summed E-state index contributed by atoms with van der Waals surface area (Å²) in [5, 5.41) is 9.71. The van der Waals surface area contributed by atoms with Gasteiger partial charge in [-0.1, -0.05) is 0 Å². The summed E-state index contributed by atoms with van der Waals surface area (Å²) in [5.74, 6) is -0.0791. The molecule has 0 saturated heterocycles. The molecule has 1 rings (SSSR count). The van der Waals surface area contributed by atoms with Crippen LogP contribution in [-0.2, 0) is 0 Å². The first-order valence-corrected chi connectivity index (χ1v) is 5.42. The predicted octanol–water partition coefficient (Wildman–Crippen LogP) is 0.292. The average molecular weight is 238 g/mol. The van der Waals surface area contributed by atoms with E-state index in [1.807, 2.05) is 6.92 Å². The zero-order valence-corrected chi connectivity index (χ0v) is 10.3. The molecule has 0 bridgehead atoms. The lowest BCUT2D eigenvalue weighted by Gasteiger charge is -2.27. The number of likely N-dealkylation sites (N-methyl/N-ethyl adjacent to an activating group) is 1. The molecule has 0 saturated carbocycles. The van der Waals surface area contributed by atoms with Crippen molar-refractivity contribution in [2.45, 2.75) is 26.4 Å². The third-order valence-electron chi connectivity index (χ3n) is 2.12. The molecule has 1 amide bonds. The maximum Gasteiger partial charge on any atom is 0.274 e. The summed E-state index contributed by atoms with van der Waals surface area (Å²) in [5.41, 5.74) is 4.72. The summed E-state index contributed by atoms with van der Waals surface area (Å²) < 4.78 is 0. The fourth-order valence-corrected chi connectivity index (χ4v) is 1.44. The Hall–Kier alpha value is -1.69. The Morgan fingerprint density at radius 1 is 1.53 bits per heavy atom. The summed E-state index contributed by atoms with van der Waals surface area (Å²) in [6.45, 7) is 5.85. The Morgan fingerprint density at radius 3 is 2.65 bits per heavy atom. The van der Waals surface area contributed by atoms with Gasteiger partial charge in [0.2, 0.25) is 0 Å². The molecule has 0 aromatic carbocycles. The van der Waals surface area contributed by atoms with Crippen LogP contribution < -0.4 is 5.73 Å². The largest absolute Gasteiger partial charge is 0.389 e. The average Bonchev–Trinajstić information content (AvgIpc) is 2.23. The van der Waals surface area contributed by atoms with E-state index in [4.69, 9.17) is 5.73 Å². The minimum absolute atomic E-state index is 0.191. The van der Waals surface area contributed by atoms with Gasteiger partial charge in [-0.25, -0.2) is 4.98 Å². The first kappa shape index (κ1) is 13.4. The molecular formula is C11H18N4O2. The van der Waals surface area contributed by atoms with Crippen LogP contribution in [0.15, 0.2) is 12.4 Å². The van der Waals surface area contributed by atoms with Crippen LogP contribution in [0.1, 0.15) is 31.3 Å². The van der Waals surface area contributed by atoms with Gasteiger partial charge in [-0.05, 0) is 20.8 Å². The highest BCUT2D eigenvalue weighted by Gasteiger charge is 2.23. The van der Waals surface area contributed by atoms with Crippen molar-refractivity contribution in [2.24, 2.45) is 0 Å². The van der Waals surface area contributed by atoms with Gasteiger partial charge in [0.25, 0.3) is 5.91 Å². The van der Waals surface area contributed by atoms with E-state index < -0.39 is 5.60 Å². The number of aliphatic hydroxyl groups is 1. The Kier molecular flexibility index (Phi) is 4.01. The second-order valence-corrected chi connectivity index (χ2v) is 4.46. The van der Waals surface area contributed by atoms with Crippen molar-refractivity contribution in [3.05, 3.63) is 18.1 Å². The van der Waals surface area contributed by atoms with E-state index in [0.717, 1.165) is 0 Å². The van der Waals surface area contributed by atoms with Crippen LogP contribution in [0.2, 0.25) is 0 Å². The fraction of sp³-hybridized carbons (Fsp3) is 0.545. The molecule has 1 heterocycles. The zero-order chi connectivity index (χ0) is 13.1. The summed E-state index contributed by atoms with van der Waals surface area (Å²) in [7, 11) is 0. The maximum absolute atomic E-state index is 12.1. The number of hydrogen-bond acceptors (Lipinski definition) is 5. The first-order chi connectivity index (χ1) is 7.83. The lowest BCUT2D eigenvalue weighted by atomic mass is 10.1. The molecule has 6 heteroatoms. The SMILES string of the molecule is CCN(CC(C)(C)O)C(=O)c1cncc(N)n1. The van der Waals surface area contributed by atoms with Gasteiger partial charge in [-0.3, -0.25) is 9.78 Å². The van der Waals surface area contributed by atoms with Crippen LogP contribution in [-0.4, -0.2) is 44.6 Å². The minimum atomic E-state index is -0.945. The highest BCUT2D eigenvalue weighted by molar-refractivity contribution is 5.92. The van der Waals surface area contributed by atoms with Gasteiger partial charge in [0.1, 0.15) is 11.5 Å². The van der Waals surface area contributed by atoms with Crippen molar-refractivity contribution < 1.29 is 9.90 Å². The topological polar surface area (TPSA) is 92.3 Å². The second-order valence-electron chi connectivity index (χ2n) is 4.46. The van der Waals surface area contributed by atoms with Gasteiger partial charge in [0.05, 0.1) is 18.0 Å². The number of anilines is 1. The Balaban J connectivity index is 2.87. The molecular weight excluding hydrogens is 220 g/mol. The number of nitrogens with zero attached hydrogens (tertiary/aromatic N) is 3. The number of rotatable bonds is 4. The number of carbonyl (C=O) groups excluding carboxylic acids is 1. The van der Waals surface area contributed by atoms with E-state index in [0.29, 0.717) is 6.54 Å². The predicted molar refractivity (Wildman–Crippen MR) is 64.3 cm³/mol. The lowest BCUT2D eigenvalue weighted by Crippen LogP contribution is -2.42. The quantitative estimate of drug-likeness (QED) is 0.786. The Labute approximate surface area is 100 Å². The number of carbonyl (C=O) groups is 1.